The second kappa shape index (κ2) is 5.67. The van der Waals surface area contributed by atoms with E-state index in [1.54, 1.807) is 7.11 Å². The summed E-state index contributed by atoms with van der Waals surface area (Å²) in [4.78, 5) is 0. The smallest absolute Gasteiger partial charge is 0.126 e. The standard InChI is InChI=1S/C18H29NO/c1-12-7-8-16(14(3)17(12)20-6)19-15-9-10-18(4,5)11-13(15)2/h7-8,13,15,19H,9-11H2,1-6H3. The van der Waals surface area contributed by atoms with Crippen molar-refractivity contribution in [1.29, 1.82) is 0 Å². The molecule has 2 atom stereocenters. The van der Waals surface area contributed by atoms with E-state index < -0.39 is 0 Å². The van der Waals surface area contributed by atoms with Crippen LogP contribution in [0.2, 0.25) is 0 Å². The van der Waals surface area contributed by atoms with Crippen LogP contribution < -0.4 is 10.1 Å². The van der Waals surface area contributed by atoms with Crippen LogP contribution in [-0.2, 0) is 0 Å². The lowest BCUT2D eigenvalue weighted by molar-refractivity contribution is 0.177. The zero-order valence-electron chi connectivity index (χ0n) is 13.8. The Morgan fingerprint density at radius 3 is 2.55 bits per heavy atom. The topological polar surface area (TPSA) is 21.3 Å². The van der Waals surface area contributed by atoms with Crippen LogP contribution >= 0.6 is 0 Å². The van der Waals surface area contributed by atoms with Gasteiger partial charge in [-0.15, -0.1) is 0 Å². The molecule has 2 unspecified atom stereocenters. The van der Waals surface area contributed by atoms with Gasteiger partial charge in [0, 0.05) is 17.3 Å². The van der Waals surface area contributed by atoms with Gasteiger partial charge in [-0.05, 0) is 56.1 Å². The van der Waals surface area contributed by atoms with E-state index in [0.29, 0.717) is 17.4 Å². The van der Waals surface area contributed by atoms with Crippen molar-refractivity contribution in [1.82, 2.24) is 0 Å². The summed E-state index contributed by atoms with van der Waals surface area (Å²) in [6.45, 7) is 11.4. The minimum Gasteiger partial charge on any atom is -0.496 e. The van der Waals surface area contributed by atoms with Gasteiger partial charge in [0.2, 0.25) is 0 Å². The van der Waals surface area contributed by atoms with Gasteiger partial charge in [-0.25, -0.2) is 0 Å². The Hall–Kier alpha value is -1.18. The van der Waals surface area contributed by atoms with E-state index in [0.717, 1.165) is 5.75 Å². The molecule has 1 aliphatic rings. The molecular weight excluding hydrogens is 246 g/mol. The number of hydrogen-bond acceptors (Lipinski definition) is 2. The summed E-state index contributed by atoms with van der Waals surface area (Å²) in [6, 6.07) is 4.92. The van der Waals surface area contributed by atoms with Crippen molar-refractivity contribution in [2.45, 2.75) is 59.9 Å². The van der Waals surface area contributed by atoms with Gasteiger partial charge in [0.05, 0.1) is 7.11 Å². The van der Waals surface area contributed by atoms with E-state index in [9.17, 15) is 0 Å². The molecule has 1 aromatic rings. The van der Waals surface area contributed by atoms with Crippen LogP contribution in [0.1, 0.15) is 51.2 Å². The second-order valence-corrected chi connectivity index (χ2v) is 7.22. The van der Waals surface area contributed by atoms with Gasteiger partial charge in [0.15, 0.2) is 0 Å². The monoisotopic (exact) mass is 275 g/mol. The molecule has 20 heavy (non-hydrogen) atoms. The number of ether oxygens (including phenoxy) is 1. The molecule has 0 spiro atoms. The SMILES string of the molecule is COc1c(C)ccc(NC2CCC(C)(C)CC2C)c1C. The van der Waals surface area contributed by atoms with Gasteiger partial charge in [-0.2, -0.15) is 0 Å². The highest BCUT2D eigenvalue weighted by molar-refractivity contribution is 5.60. The quantitative estimate of drug-likeness (QED) is 0.843. The molecule has 112 valence electrons. The molecule has 1 fully saturated rings. The molecule has 2 nitrogen and oxygen atoms in total. The van der Waals surface area contributed by atoms with Gasteiger partial charge in [0.1, 0.15) is 5.75 Å². The number of aryl methyl sites for hydroxylation is 1. The summed E-state index contributed by atoms with van der Waals surface area (Å²) in [5.74, 6) is 1.73. The Balaban J connectivity index is 2.15. The maximum absolute atomic E-state index is 5.53. The van der Waals surface area contributed by atoms with Crippen molar-refractivity contribution in [3.63, 3.8) is 0 Å². The predicted molar refractivity (Wildman–Crippen MR) is 86.7 cm³/mol. The van der Waals surface area contributed by atoms with E-state index in [-0.39, 0.29) is 0 Å². The Bertz CT molecular complexity index is 479. The fourth-order valence-electron chi connectivity index (χ4n) is 3.66. The Morgan fingerprint density at radius 2 is 1.95 bits per heavy atom. The first-order valence-electron chi connectivity index (χ1n) is 7.75. The Morgan fingerprint density at radius 1 is 1.25 bits per heavy atom. The summed E-state index contributed by atoms with van der Waals surface area (Å²) in [7, 11) is 1.75. The number of benzene rings is 1. The molecule has 1 aliphatic carbocycles. The number of hydrogen-bond donors (Lipinski definition) is 1. The van der Waals surface area contributed by atoms with Crippen molar-refractivity contribution in [3.05, 3.63) is 23.3 Å². The van der Waals surface area contributed by atoms with Crippen LogP contribution in [0.3, 0.4) is 0 Å². The van der Waals surface area contributed by atoms with E-state index in [1.807, 2.05) is 0 Å². The minimum absolute atomic E-state index is 0.498. The molecule has 0 saturated heterocycles. The molecule has 0 heterocycles. The molecule has 1 aromatic carbocycles. The third kappa shape index (κ3) is 3.11. The van der Waals surface area contributed by atoms with Crippen LogP contribution in [0, 0.1) is 25.2 Å². The van der Waals surface area contributed by atoms with Crippen molar-refractivity contribution in [3.8, 4) is 5.75 Å². The van der Waals surface area contributed by atoms with Crippen LogP contribution in [-0.4, -0.2) is 13.2 Å². The van der Waals surface area contributed by atoms with Gasteiger partial charge in [-0.3, -0.25) is 0 Å². The highest BCUT2D eigenvalue weighted by atomic mass is 16.5. The lowest BCUT2D eigenvalue weighted by Crippen LogP contribution is -2.37. The average Bonchev–Trinajstić information content (AvgIpc) is 2.35. The molecule has 0 bridgehead atoms. The van der Waals surface area contributed by atoms with E-state index in [1.165, 1.54) is 36.1 Å². The van der Waals surface area contributed by atoms with E-state index in [2.05, 4.69) is 52.1 Å². The Labute approximate surface area is 123 Å². The number of methoxy groups -OCH3 is 1. The van der Waals surface area contributed by atoms with Crippen molar-refractivity contribution in [2.75, 3.05) is 12.4 Å². The fraction of sp³-hybridized carbons (Fsp3) is 0.667. The summed E-state index contributed by atoms with van der Waals surface area (Å²) >= 11 is 0. The average molecular weight is 275 g/mol. The van der Waals surface area contributed by atoms with Crippen LogP contribution in [0.15, 0.2) is 12.1 Å². The lowest BCUT2D eigenvalue weighted by Gasteiger charge is -2.40. The minimum atomic E-state index is 0.498. The zero-order chi connectivity index (χ0) is 14.9. The number of nitrogens with one attached hydrogen (secondary N) is 1. The van der Waals surface area contributed by atoms with Crippen LogP contribution in [0.4, 0.5) is 5.69 Å². The first-order chi connectivity index (χ1) is 9.34. The number of anilines is 1. The number of rotatable bonds is 3. The predicted octanol–water partition coefficient (Wildman–Crippen LogP) is 4.94. The third-order valence-corrected chi connectivity index (χ3v) is 4.84. The van der Waals surface area contributed by atoms with Gasteiger partial charge in [0.25, 0.3) is 0 Å². The fourth-order valence-corrected chi connectivity index (χ4v) is 3.66. The molecule has 2 rings (SSSR count). The first kappa shape index (κ1) is 15.2. The maximum atomic E-state index is 5.53. The van der Waals surface area contributed by atoms with Crippen LogP contribution in [0.5, 0.6) is 5.75 Å². The molecule has 0 aliphatic heterocycles. The molecular formula is C18H29NO. The van der Waals surface area contributed by atoms with Crippen molar-refractivity contribution < 1.29 is 4.74 Å². The Kier molecular flexibility index (Phi) is 4.31. The largest absolute Gasteiger partial charge is 0.496 e. The third-order valence-electron chi connectivity index (χ3n) is 4.84. The van der Waals surface area contributed by atoms with Crippen molar-refractivity contribution >= 4 is 5.69 Å². The van der Waals surface area contributed by atoms with E-state index in [4.69, 9.17) is 4.74 Å². The van der Waals surface area contributed by atoms with Gasteiger partial charge < -0.3 is 10.1 Å². The van der Waals surface area contributed by atoms with Crippen LogP contribution in [0.25, 0.3) is 0 Å². The highest BCUT2D eigenvalue weighted by Gasteiger charge is 2.32. The summed E-state index contributed by atoms with van der Waals surface area (Å²) < 4.78 is 5.53. The summed E-state index contributed by atoms with van der Waals surface area (Å²) in [6.07, 6.45) is 3.85. The maximum Gasteiger partial charge on any atom is 0.126 e. The highest BCUT2D eigenvalue weighted by Crippen LogP contribution is 2.40. The molecule has 0 radical (unpaired) electrons. The molecule has 2 heteroatoms. The molecule has 0 amide bonds. The van der Waals surface area contributed by atoms with Gasteiger partial charge >= 0.3 is 0 Å². The summed E-state index contributed by atoms with van der Waals surface area (Å²) in [5.41, 5.74) is 4.15. The molecule has 0 aromatic heterocycles. The molecule has 1 N–H and O–H groups in total. The summed E-state index contributed by atoms with van der Waals surface area (Å²) in [5, 5.41) is 3.76. The normalized spacial score (nSPS) is 25.3. The first-order valence-corrected chi connectivity index (χ1v) is 7.75. The van der Waals surface area contributed by atoms with Crippen molar-refractivity contribution in [2.24, 2.45) is 11.3 Å². The zero-order valence-corrected chi connectivity index (χ0v) is 13.8. The second-order valence-electron chi connectivity index (χ2n) is 7.22. The van der Waals surface area contributed by atoms with E-state index >= 15 is 0 Å². The van der Waals surface area contributed by atoms with Gasteiger partial charge in [-0.1, -0.05) is 26.8 Å². The lowest BCUT2D eigenvalue weighted by atomic mass is 9.70. The molecule has 1 saturated carbocycles.